The summed E-state index contributed by atoms with van der Waals surface area (Å²) in [6, 6.07) is 0. The molecule has 0 saturated heterocycles. The van der Waals surface area contributed by atoms with E-state index in [-0.39, 0.29) is 31.1 Å². The van der Waals surface area contributed by atoms with Crippen LogP contribution in [0.15, 0.2) is 109 Å². The maximum Gasteiger partial charge on any atom is 0.306 e. The Labute approximate surface area is 393 Å². The van der Waals surface area contributed by atoms with Gasteiger partial charge in [-0.2, -0.15) is 0 Å². The molecule has 0 radical (unpaired) electrons. The molecule has 0 aliphatic carbocycles. The average Bonchev–Trinajstić information content (AvgIpc) is 3.29. The summed E-state index contributed by atoms with van der Waals surface area (Å²) in [5.41, 5.74) is 0. The van der Waals surface area contributed by atoms with Crippen molar-refractivity contribution in [3.63, 3.8) is 0 Å². The second-order valence-electron chi connectivity index (χ2n) is 16.9. The van der Waals surface area contributed by atoms with E-state index in [0.29, 0.717) is 19.3 Å². The lowest BCUT2D eigenvalue weighted by Crippen LogP contribution is -2.30. The molecule has 362 valence electrons. The number of hydrogen-bond acceptors (Lipinski definition) is 6. The number of unbranched alkanes of at least 4 members (excludes halogenated alkanes) is 23. The molecule has 0 spiro atoms. The molecule has 1 unspecified atom stereocenters. The van der Waals surface area contributed by atoms with Gasteiger partial charge >= 0.3 is 17.9 Å². The second-order valence-corrected chi connectivity index (χ2v) is 16.9. The van der Waals surface area contributed by atoms with Gasteiger partial charge in [0.25, 0.3) is 0 Å². The molecule has 6 heteroatoms. The summed E-state index contributed by atoms with van der Waals surface area (Å²) in [5.74, 6) is -0.960. The zero-order valence-electron chi connectivity index (χ0n) is 41.3. The van der Waals surface area contributed by atoms with Crippen molar-refractivity contribution in [1.29, 1.82) is 0 Å². The minimum absolute atomic E-state index is 0.0982. The lowest BCUT2D eigenvalue weighted by molar-refractivity contribution is -0.167. The Balaban J connectivity index is 4.52. The Morgan fingerprint density at radius 1 is 0.328 bits per heavy atom. The van der Waals surface area contributed by atoms with Crippen molar-refractivity contribution in [1.82, 2.24) is 0 Å². The first-order valence-corrected chi connectivity index (χ1v) is 26.0. The third-order valence-corrected chi connectivity index (χ3v) is 10.7. The molecule has 0 aliphatic heterocycles. The maximum atomic E-state index is 12.8. The normalized spacial score (nSPS) is 13.0. The topological polar surface area (TPSA) is 78.9 Å². The first-order valence-electron chi connectivity index (χ1n) is 26.0. The monoisotopic (exact) mass is 887 g/mol. The summed E-state index contributed by atoms with van der Waals surface area (Å²) in [5, 5.41) is 0. The number of rotatable bonds is 45. The van der Waals surface area contributed by atoms with Crippen molar-refractivity contribution in [2.24, 2.45) is 0 Å². The Bertz CT molecular complexity index is 1340. The fourth-order valence-corrected chi connectivity index (χ4v) is 6.83. The quantitative estimate of drug-likeness (QED) is 0.0262. The zero-order chi connectivity index (χ0) is 46.5. The molecule has 0 saturated carbocycles. The molecule has 0 amide bonds. The predicted molar refractivity (Wildman–Crippen MR) is 274 cm³/mol. The van der Waals surface area contributed by atoms with Gasteiger partial charge in [0.1, 0.15) is 13.2 Å². The zero-order valence-corrected chi connectivity index (χ0v) is 41.3. The van der Waals surface area contributed by atoms with Crippen LogP contribution in [-0.2, 0) is 28.6 Å². The van der Waals surface area contributed by atoms with Gasteiger partial charge in [0, 0.05) is 19.3 Å². The van der Waals surface area contributed by atoms with Crippen LogP contribution in [0.5, 0.6) is 0 Å². The molecule has 0 aromatic carbocycles. The van der Waals surface area contributed by atoms with E-state index in [4.69, 9.17) is 14.2 Å². The summed E-state index contributed by atoms with van der Waals surface area (Å²) in [6.45, 7) is 6.40. The number of hydrogen-bond donors (Lipinski definition) is 0. The molecule has 0 bridgehead atoms. The minimum Gasteiger partial charge on any atom is -0.462 e. The molecule has 0 N–H and O–H groups in total. The van der Waals surface area contributed by atoms with Gasteiger partial charge in [-0.1, -0.05) is 246 Å². The van der Waals surface area contributed by atoms with Crippen LogP contribution in [0, 0.1) is 0 Å². The largest absolute Gasteiger partial charge is 0.462 e. The SMILES string of the molecule is CC\C=C/C=C\C=C/C=C\C=C\C=C/C=C\CCCCCC(=O)OCC(COC(=O)CCCCCCCCCCCCCC)OC(=O)CCCCCCCC/C=C\C=C/CCCCC. The van der Waals surface area contributed by atoms with E-state index in [1.807, 2.05) is 72.9 Å². The molecule has 0 heterocycles. The standard InChI is InChI=1S/C58H94O6/c1-4-7-10-13-16-19-22-25-27-28-29-30-32-33-36-39-42-45-48-51-57(60)63-54-55(53-62-56(59)50-47-44-41-38-35-24-21-18-15-12-9-6-3)64-58(61)52-49-46-43-40-37-34-31-26-23-20-17-14-11-8-5-2/h7,10,13,16-17,19-20,22-23,25-30,32-33,36,55H,4-6,8-9,11-12,14-15,18,21,24,31,34-35,37-54H2,1-3H3/b10-7-,16-13-,20-17-,22-19-,26-23-,27-25-,29-28+,32-30-,36-33-. The van der Waals surface area contributed by atoms with Crippen LogP contribution in [0.3, 0.4) is 0 Å². The number of ether oxygens (including phenoxy) is 3. The van der Waals surface area contributed by atoms with Gasteiger partial charge in [-0.05, 0) is 64.2 Å². The Morgan fingerprint density at radius 2 is 0.609 bits per heavy atom. The highest BCUT2D eigenvalue weighted by Gasteiger charge is 2.19. The van der Waals surface area contributed by atoms with E-state index in [9.17, 15) is 14.4 Å². The van der Waals surface area contributed by atoms with Gasteiger partial charge in [0.2, 0.25) is 0 Å². The van der Waals surface area contributed by atoms with Gasteiger partial charge in [0.15, 0.2) is 6.10 Å². The fourth-order valence-electron chi connectivity index (χ4n) is 6.83. The lowest BCUT2D eigenvalue weighted by atomic mass is 10.0. The first kappa shape index (κ1) is 60.1. The van der Waals surface area contributed by atoms with E-state index < -0.39 is 6.10 Å². The van der Waals surface area contributed by atoms with Crippen LogP contribution in [0.1, 0.15) is 220 Å². The summed E-state index contributed by atoms with van der Waals surface area (Å²) in [7, 11) is 0. The lowest BCUT2D eigenvalue weighted by Gasteiger charge is -2.18. The van der Waals surface area contributed by atoms with Gasteiger partial charge < -0.3 is 14.2 Å². The smallest absolute Gasteiger partial charge is 0.306 e. The van der Waals surface area contributed by atoms with Gasteiger partial charge in [0.05, 0.1) is 0 Å². The number of esters is 3. The highest BCUT2D eigenvalue weighted by molar-refractivity contribution is 5.71. The third-order valence-electron chi connectivity index (χ3n) is 10.7. The van der Waals surface area contributed by atoms with Crippen molar-refractivity contribution in [3.05, 3.63) is 109 Å². The summed E-state index contributed by atoms with van der Waals surface area (Å²) < 4.78 is 16.8. The van der Waals surface area contributed by atoms with Crippen LogP contribution in [0.4, 0.5) is 0 Å². The van der Waals surface area contributed by atoms with Crippen molar-refractivity contribution in [2.45, 2.75) is 226 Å². The number of allylic oxidation sites excluding steroid dienone is 18. The maximum absolute atomic E-state index is 12.8. The molecule has 0 aromatic heterocycles. The number of carbonyl (C=O) groups is 3. The molecule has 0 fully saturated rings. The highest BCUT2D eigenvalue weighted by Crippen LogP contribution is 2.14. The van der Waals surface area contributed by atoms with E-state index in [1.165, 1.54) is 96.3 Å². The van der Waals surface area contributed by atoms with E-state index in [1.54, 1.807) is 0 Å². The third kappa shape index (κ3) is 49.1. The molecule has 0 aromatic rings. The van der Waals surface area contributed by atoms with E-state index in [0.717, 1.165) is 83.5 Å². The van der Waals surface area contributed by atoms with Crippen molar-refractivity contribution in [3.8, 4) is 0 Å². The summed E-state index contributed by atoms with van der Waals surface area (Å²) in [4.78, 5) is 38.0. The van der Waals surface area contributed by atoms with E-state index >= 15 is 0 Å². The molecule has 0 rings (SSSR count). The second kappa shape index (κ2) is 51.7. The predicted octanol–water partition coefficient (Wildman–Crippen LogP) is 17.1. The van der Waals surface area contributed by atoms with E-state index in [2.05, 4.69) is 57.2 Å². The fraction of sp³-hybridized carbons (Fsp3) is 0.638. The van der Waals surface area contributed by atoms with Crippen LogP contribution in [-0.4, -0.2) is 37.2 Å². The highest BCUT2D eigenvalue weighted by atomic mass is 16.6. The molecule has 64 heavy (non-hydrogen) atoms. The van der Waals surface area contributed by atoms with Crippen molar-refractivity contribution >= 4 is 17.9 Å². The van der Waals surface area contributed by atoms with Gasteiger partial charge in [-0.15, -0.1) is 0 Å². The minimum atomic E-state index is -0.803. The summed E-state index contributed by atoms with van der Waals surface area (Å²) >= 11 is 0. The summed E-state index contributed by atoms with van der Waals surface area (Å²) in [6.07, 6.45) is 69.2. The Hall–Kier alpha value is -3.93. The van der Waals surface area contributed by atoms with Gasteiger partial charge in [-0.3, -0.25) is 14.4 Å². The van der Waals surface area contributed by atoms with Crippen LogP contribution in [0.2, 0.25) is 0 Å². The Morgan fingerprint density at radius 3 is 1.02 bits per heavy atom. The average molecular weight is 887 g/mol. The van der Waals surface area contributed by atoms with Crippen LogP contribution in [0.25, 0.3) is 0 Å². The molecule has 0 aliphatic rings. The van der Waals surface area contributed by atoms with Crippen molar-refractivity contribution < 1.29 is 28.6 Å². The number of carbonyl (C=O) groups excluding carboxylic acids is 3. The van der Waals surface area contributed by atoms with Crippen LogP contribution >= 0.6 is 0 Å². The molecular weight excluding hydrogens is 793 g/mol. The first-order chi connectivity index (χ1) is 31.5. The van der Waals surface area contributed by atoms with Crippen molar-refractivity contribution in [2.75, 3.05) is 13.2 Å². The van der Waals surface area contributed by atoms with Crippen LogP contribution < -0.4 is 0 Å². The molecule has 6 nitrogen and oxygen atoms in total. The molecular formula is C58H94O6. The van der Waals surface area contributed by atoms with Gasteiger partial charge in [-0.25, -0.2) is 0 Å². The Kier molecular flexibility index (Phi) is 48.5. The molecule has 1 atom stereocenters.